The maximum Gasteiger partial charge on any atom is 0.256 e. The van der Waals surface area contributed by atoms with E-state index in [0.717, 1.165) is 5.52 Å². The van der Waals surface area contributed by atoms with Crippen LogP contribution < -0.4 is 10.3 Å². The molecule has 1 aliphatic heterocycles. The van der Waals surface area contributed by atoms with Crippen LogP contribution in [0.3, 0.4) is 0 Å². The largest absolute Gasteiger partial charge is 0.489 e. The Balaban J connectivity index is 1.74. The van der Waals surface area contributed by atoms with Crippen molar-refractivity contribution in [1.82, 2.24) is 19.9 Å². The highest BCUT2D eigenvalue weighted by atomic mass is 35.5. The summed E-state index contributed by atoms with van der Waals surface area (Å²) in [5.74, 6) is 0.0968. The molecule has 3 heterocycles. The number of nitrogens with one attached hydrogen (secondary N) is 2. The summed E-state index contributed by atoms with van der Waals surface area (Å²) in [4.78, 5) is 37.5. The number of ether oxygens (including phenoxy) is 1. The lowest BCUT2D eigenvalue weighted by atomic mass is 9.97. The molecule has 2 aromatic heterocycles. The molecule has 0 saturated carbocycles. The van der Waals surface area contributed by atoms with Crippen molar-refractivity contribution in [3.8, 4) is 5.75 Å². The van der Waals surface area contributed by atoms with Gasteiger partial charge in [-0.05, 0) is 32.8 Å². The molecule has 0 bridgehead atoms. The second kappa shape index (κ2) is 7.39. The highest BCUT2D eigenvalue weighted by Crippen LogP contribution is 2.39. The SMILES string of the molecule is Cc1[nH]c(=O)c(CN2CCc3c(Cl)cc(OC(C)C)c(Cl)c3C2=O)c2nc[nH]c12. The van der Waals surface area contributed by atoms with Gasteiger partial charge in [0.05, 0.1) is 40.6 Å². The summed E-state index contributed by atoms with van der Waals surface area (Å²) >= 11 is 12.9. The monoisotopic (exact) mass is 434 g/mol. The standard InChI is InChI=1S/C20H20Cl2N4O3/c1-9(2)29-14-6-13(21)11-4-5-26(20(28)15(11)16(14)22)7-12-18-17(23-8-24-18)10(3)25-19(12)27/h6,8-9H,4-5,7H2,1-3H3,(H,23,24)(H,25,27). The van der Waals surface area contributed by atoms with Crippen LogP contribution in [0.2, 0.25) is 10.0 Å². The van der Waals surface area contributed by atoms with Crippen LogP contribution in [-0.4, -0.2) is 38.4 Å². The Hall–Kier alpha value is -2.51. The maximum absolute atomic E-state index is 13.3. The summed E-state index contributed by atoms with van der Waals surface area (Å²) in [6.45, 7) is 6.09. The zero-order valence-corrected chi connectivity index (χ0v) is 17.7. The first-order valence-corrected chi connectivity index (χ1v) is 10.0. The number of carbonyl (C=O) groups is 1. The lowest BCUT2D eigenvalue weighted by Crippen LogP contribution is -2.39. The van der Waals surface area contributed by atoms with E-state index in [4.69, 9.17) is 27.9 Å². The molecule has 7 nitrogen and oxygen atoms in total. The van der Waals surface area contributed by atoms with Crippen molar-refractivity contribution in [2.45, 2.75) is 39.8 Å². The minimum absolute atomic E-state index is 0.115. The third kappa shape index (κ3) is 3.38. The van der Waals surface area contributed by atoms with Crippen molar-refractivity contribution in [3.63, 3.8) is 0 Å². The van der Waals surface area contributed by atoms with Crippen LogP contribution in [0.4, 0.5) is 0 Å². The van der Waals surface area contributed by atoms with Gasteiger partial charge in [0.15, 0.2) is 0 Å². The molecule has 1 aliphatic rings. The molecule has 3 aromatic rings. The Morgan fingerprint density at radius 2 is 2.07 bits per heavy atom. The van der Waals surface area contributed by atoms with Gasteiger partial charge in [-0.3, -0.25) is 9.59 Å². The highest BCUT2D eigenvalue weighted by Gasteiger charge is 2.31. The van der Waals surface area contributed by atoms with E-state index in [0.29, 0.717) is 51.6 Å². The fourth-order valence-electron chi connectivity index (χ4n) is 3.67. The number of amides is 1. The van der Waals surface area contributed by atoms with Gasteiger partial charge >= 0.3 is 0 Å². The van der Waals surface area contributed by atoms with Gasteiger partial charge in [-0.15, -0.1) is 0 Å². The van der Waals surface area contributed by atoms with Crippen molar-refractivity contribution >= 4 is 40.1 Å². The van der Waals surface area contributed by atoms with E-state index < -0.39 is 0 Å². The zero-order valence-electron chi connectivity index (χ0n) is 16.2. The molecule has 0 radical (unpaired) electrons. The smallest absolute Gasteiger partial charge is 0.256 e. The minimum Gasteiger partial charge on any atom is -0.489 e. The number of pyridine rings is 1. The number of halogens is 2. The van der Waals surface area contributed by atoms with Gasteiger partial charge in [-0.25, -0.2) is 4.98 Å². The first kappa shape index (κ1) is 19.8. The summed E-state index contributed by atoms with van der Waals surface area (Å²) in [7, 11) is 0. The molecule has 152 valence electrons. The molecule has 2 N–H and O–H groups in total. The van der Waals surface area contributed by atoms with Gasteiger partial charge in [0.2, 0.25) is 0 Å². The number of rotatable bonds is 4. The van der Waals surface area contributed by atoms with Crippen LogP contribution in [-0.2, 0) is 13.0 Å². The van der Waals surface area contributed by atoms with Gasteiger partial charge in [0.25, 0.3) is 11.5 Å². The molecule has 1 amide bonds. The second-order valence-electron chi connectivity index (χ2n) is 7.35. The Labute approximate surface area is 177 Å². The van der Waals surface area contributed by atoms with E-state index >= 15 is 0 Å². The number of carbonyl (C=O) groups excluding carboxylic acids is 1. The summed E-state index contributed by atoms with van der Waals surface area (Å²) in [6, 6.07) is 1.66. The molecule has 0 spiro atoms. The van der Waals surface area contributed by atoms with E-state index in [-0.39, 0.29) is 29.1 Å². The van der Waals surface area contributed by atoms with Crippen LogP contribution in [0, 0.1) is 6.92 Å². The average molecular weight is 435 g/mol. The van der Waals surface area contributed by atoms with Gasteiger partial charge in [-0.1, -0.05) is 23.2 Å². The third-order valence-corrected chi connectivity index (χ3v) is 5.72. The summed E-state index contributed by atoms with van der Waals surface area (Å²) in [5.41, 5.74) is 3.22. The molecule has 0 atom stereocenters. The van der Waals surface area contributed by atoms with Gasteiger partial charge < -0.3 is 19.6 Å². The van der Waals surface area contributed by atoms with Crippen molar-refractivity contribution in [1.29, 1.82) is 0 Å². The Morgan fingerprint density at radius 1 is 1.31 bits per heavy atom. The molecular weight excluding hydrogens is 415 g/mol. The Morgan fingerprint density at radius 3 is 2.79 bits per heavy atom. The van der Waals surface area contributed by atoms with E-state index in [1.165, 1.54) is 6.33 Å². The summed E-state index contributed by atoms with van der Waals surface area (Å²) < 4.78 is 5.72. The number of benzene rings is 1. The van der Waals surface area contributed by atoms with Crippen molar-refractivity contribution < 1.29 is 9.53 Å². The number of imidazole rings is 1. The first-order chi connectivity index (χ1) is 13.8. The number of H-pyrrole nitrogens is 2. The summed E-state index contributed by atoms with van der Waals surface area (Å²) in [5, 5.41) is 0.700. The topological polar surface area (TPSA) is 91.1 Å². The normalized spacial score (nSPS) is 14.0. The highest BCUT2D eigenvalue weighted by molar-refractivity contribution is 6.38. The fourth-order valence-corrected chi connectivity index (χ4v) is 4.25. The van der Waals surface area contributed by atoms with Gasteiger partial charge in [-0.2, -0.15) is 0 Å². The van der Waals surface area contributed by atoms with E-state index in [9.17, 15) is 9.59 Å². The number of nitrogens with zero attached hydrogens (tertiary/aromatic N) is 2. The summed E-state index contributed by atoms with van der Waals surface area (Å²) in [6.07, 6.45) is 1.96. The average Bonchev–Trinajstić information content (AvgIpc) is 3.14. The molecule has 29 heavy (non-hydrogen) atoms. The second-order valence-corrected chi connectivity index (χ2v) is 8.14. The third-order valence-electron chi connectivity index (χ3n) is 5.00. The van der Waals surface area contributed by atoms with Crippen molar-refractivity contribution in [3.05, 3.63) is 55.2 Å². The number of aromatic amines is 2. The fraction of sp³-hybridized carbons (Fsp3) is 0.350. The molecule has 1 aromatic carbocycles. The van der Waals surface area contributed by atoms with E-state index in [1.807, 2.05) is 13.8 Å². The predicted octanol–water partition coefficient (Wildman–Crippen LogP) is 3.85. The van der Waals surface area contributed by atoms with Crippen LogP contribution in [0.5, 0.6) is 5.75 Å². The number of aromatic nitrogens is 3. The van der Waals surface area contributed by atoms with Crippen LogP contribution in [0.1, 0.15) is 41.0 Å². The van der Waals surface area contributed by atoms with Crippen LogP contribution in [0.25, 0.3) is 11.0 Å². The Kier molecular flexibility index (Phi) is 5.04. The molecule has 0 unspecified atom stereocenters. The molecule has 4 rings (SSSR count). The first-order valence-electron chi connectivity index (χ1n) is 9.29. The van der Waals surface area contributed by atoms with Crippen LogP contribution in [0.15, 0.2) is 17.2 Å². The van der Waals surface area contributed by atoms with Gasteiger partial charge in [0.1, 0.15) is 11.3 Å². The zero-order chi connectivity index (χ0) is 20.9. The molecule has 0 aliphatic carbocycles. The molecule has 9 heteroatoms. The number of aryl methyl sites for hydroxylation is 1. The number of hydrogen-bond donors (Lipinski definition) is 2. The quantitative estimate of drug-likeness (QED) is 0.651. The van der Waals surface area contributed by atoms with Crippen molar-refractivity contribution in [2.75, 3.05) is 6.54 Å². The van der Waals surface area contributed by atoms with Gasteiger partial charge in [0, 0.05) is 23.3 Å². The van der Waals surface area contributed by atoms with Crippen molar-refractivity contribution in [2.24, 2.45) is 0 Å². The number of hydrogen-bond acceptors (Lipinski definition) is 4. The number of fused-ring (bicyclic) bond motifs is 2. The minimum atomic E-state index is -0.281. The van der Waals surface area contributed by atoms with Crippen LogP contribution >= 0.6 is 23.2 Å². The lowest BCUT2D eigenvalue weighted by molar-refractivity contribution is 0.0726. The van der Waals surface area contributed by atoms with E-state index in [2.05, 4.69) is 15.0 Å². The molecular formula is C20H20Cl2N4O3. The Bertz CT molecular complexity index is 1180. The van der Waals surface area contributed by atoms with E-state index in [1.54, 1.807) is 17.9 Å². The molecule has 0 saturated heterocycles. The maximum atomic E-state index is 13.3. The predicted molar refractivity (Wildman–Crippen MR) is 112 cm³/mol. The lowest BCUT2D eigenvalue weighted by Gasteiger charge is -2.30. The molecule has 0 fully saturated rings.